The molecule has 0 unspecified atom stereocenters. The predicted molar refractivity (Wildman–Crippen MR) is 72.5 cm³/mol. The molecular weight excluding hydrogens is 257 g/mol. The van der Waals surface area contributed by atoms with E-state index in [1.807, 2.05) is 12.1 Å². The normalized spacial score (nSPS) is 14.2. The van der Waals surface area contributed by atoms with E-state index >= 15 is 0 Å². The summed E-state index contributed by atoms with van der Waals surface area (Å²) in [6.45, 7) is 0.222. The Morgan fingerprint density at radius 3 is 2.95 bits per heavy atom. The van der Waals surface area contributed by atoms with Gasteiger partial charge in [-0.15, -0.1) is 0 Å². The molecule has 2 aromatic rings. The first kappa shape index (κ1) is 12.8. The van der Waals surface area contributed by atoms with Crippen LogP contribution in [-0.4, -0.2) is 16.1 Å². The van der Waals surface area contributed by atoms with E-state index in [0.29, 0.717) is 11.5 Å². The highest BCUT2D eigenvalue weighted by atomic mass is 19.1. The molecule has 0 spiro atoms. The minimum Gasteiger partial charge on any atom is -0.352 e. The van der Waals surface area contributed by atoms with Crippen molar-refractivity contribution in [2.45, 2.75) is 31.7 Å². The molecular formula is C15H16FN3O. The summed E-state index contributed by atoms with van der Waals surface area (Å²) in [5.41, 5.74) is 2.46. The monoisotopic (exact) mass is 273 g/mol. The maximum atomic E-state index is 13.7. The summed E-state index contributed by atoms with van der Waals surface area (Å²) in [5.74, 6) is 0.164. The number of halogens is 1. The SMILES string of the molecule is O=C(Cc1ccn[nH]1)NCc1cc(C2CC2)ccc1F. The molecule has 20 heavy (non-hydrogen) atoms. The van der Waals surface area contributed by atoms with Gasteiger partial charge in [0.1, 0.15) is 5.82 Å². The number of aromatic nitrogens is 2. The Balaban J connectivity index is 1.59. The second-order valence-electron chi connectivity index (χ2n) is 5.16. The highest BCUT2D eigenvalue weighted by Gasteiger charge is 2.24. The van der Waals surface area contributed by atoms with E-state index in [1.54, 1.807) is 12.3 Å². The van der Waals surface area contributed by atoms with Crippen molar-refractivity contribution >= 4 is 5.91 Å². The molecule has 1 aliphatic carbocycles. The van der Waals surface area contributed by atoms with Crippen LogP contribution in [0.15, 0.2) is 30.5 Å². The quantitative estimate of drug-likeness (QED) is 0.878. The van der Waals surface area contributed by atoms with Crippen LogP contribution in [0.5, 0.6) is 0 Å². The molecule has 1 amide bonds. The number of nitrogens with zero attached hydrogens (tertiary/aromatic N) is 1. The zero-order valence-corrected chi connectivity index (χ0v) is 11.0. The van der Waals surface area contributed by atoms with Gasteiger partial charge in [-0.25, -0.2) is 4.39 Å². The van der Waals surface area contributed by atoms with Crippen LogP contribution in [0.25, 0.3) is 0 Å². The second kappa shape index (κ2) is 5.45. The van der Waals surface area contributed by atoms with E-state index in [4.69, 9.17) is 0 Å². The highest BCUT2D eigenvalue weighted by molar-refractivity contribution is 5.78. The zero-order chi connectivity index (χ0) is 13.9. The minimum atomic E-state index is -0.267. The van der Waals surface area contributed by atoms with Crippen molar-refractivity contribution in [3.05, 3.63) is 53.1 Å². The van der Waals surface area contributed by atoms with Gasteiger partial charge in [-0.3, -0.25) is 9.89 Å². The molecule has 2 N–H and O–H groups in total. The Labute approximate surface area is 116 Å². The van der Waals surface area contributed by atoms with E-state index in [0.717, 1.165) is 5.69 Å². The van der Waals surface area contributed by atoms with Gasteiger partial charge in [-0.2, -0.15) is 5.10 Å². The first-order valence-corrected chi connectivity index (χ1v) is 6.75. The average Bonchev–Trinajstić information content (AvgIpc) is 3.17. The molecule has 0 saturated heterocycles. The largest absolute Gasteiger partial charge is 0.352 e. The fourth-order valence-electron chi connectivity index (χ4n) is 2.21. The van der Waals surface area contributed by atoms with Crippen molar-refractivity contribution in [1.29, 1.82) is 0 Å². The molecule has 4 nitrogen and oxygen atoms in total. The standard InChI is InChI=1S/C15H16FN3O/c16-14-4-3-11(10-1-2-10)7-12(14)9-17-15(20)8-13-5-6-18-19-13/h3-7,10H,1-2,8-9H2,(H,17,20)(H,18,19). The lowest BCUT2D eigenvalue weighted by Gasteiger charge is -2.08. The lowest BCUT2D eigenvalue weighted by atomic mass is 10.1. The van der Waals surface area contributed by atoms with Crippen molar-refractivity contribution in [3.8, 4) is 0 Å². The van der Waals surface area contributed by atoms with Gasteiger partial charge in [0, 0.05) is 24.0 Å². The van der Waals surface area contributed by atoms with E-state index in [-0.39, 0.29) is 24.7 Å². The molecule has 104 valence electrons. The van der Waals surface area contributed by atoms with Gasteiger partial charge in [0.2, 0.25) is 5.91 Å². The molecule has 0 bridgehead atoms. The average molecular weight is 273 g/mol. The Kier molecular flexibility index (Phi) is 3.50. The number of aromatic amines is 1. The van der Waals surface area contributed by atoms with Crippen LogP contribution in [-0.2, 0) is 17.8 Å². The molecule has 0 atom stereocenters. The summed E-state index contributed by atoms with van der Waals surface area (Å²) in [6, 6.07) is 6.93. The fourth-order valence-corrected chi connectivity index (χ4v) is 2.21. The van der Waals surface area contributed by atoms with Gasteiger partial charge in [0.25, 0.3) is 0 Å². The van der Waals surface area contributed by atoms with Crippen LogP contribution in [0.4, 0.5) is 4.39 Å². The molecule has 0 aliphatic heterocycles. The summed E-state index contributed by atoms with van der Waals surface area (Å²) < 4.78 is 13.7. The molecule has 1 saturated carbocycles. The van der Waals surface area contributed by atoms with Crippen LogP contribution < -0.4 is 5.32 Å². The number of nitrogens with one attached hydrogen (secondary N) is 2. The van der Waals surface area contributed by atoms with Crippen molar-refractivity contribution in [2.75, 3.05) is 0 Å². The summed E-state index contributed by atoms with van der Waals surface area (Å²) in [4.78, 5) is 11.7. The Morgan fingerprint density at radius 2 is 2.25 bits per heavy atom. The molecule has 1 heterocycles. The van der Waals surface area contributed by atoms with Crippen LogP contribution >= 0.6 is 0 Å². The lowest BCUT2D eigenvalue weighted by Crippen LogP contribution is -2.25. The number of H-pyrrole nitrogens is 1. The maximum Gasteiger partial charge on any atom is 0.226 e. The number of hydrogen-bond donors (Lipinski definition) is 2. The number of carbonyl (C=O) groups is 1. The Hall–Kier alpha value is -2.17. The maximum absolute atomic E-state index is 13.7. The van der Waals surface area contributed by atoms with Crippen LogP contribution in [0.1, 0.15) is 35.6 Å². The summed E-state index contributed by atoms with van der Waals surface area (Å²) in [6.07, 6.45) is 4.18. The van der Waals surface area contributed by atoms with Crippen molar-refractivity contribution in [2.24, 2.45) is 0 Å². The molecule has 1 fully saturated rings. The zero-order valence-electron chi connectivity index (χ0n) is 11.0. The van der Waals surface area contributed by atoms with E-state index < -0.39 is 0 Å². The van der Waals surface area contributed by atoms with E-state index in [9.17, 15) is 9.18 Å². The Morgan fingerprint density at radius 1 is 1.40 bits per heavy atom. The number of amides is 1. The molecule has 1 aliphatic rings. The van der Waals surface area contributed by atoms with Gasteiger partial charge in [-0.1, -0.05) is 12.1 Å². The van der Waals surface area contributed by atoms with Gasteiger partial charge in [-0.05, 0) is 36.5 Å². The number of carbonyl (C=O) groups excluding carboxylic acids is 1. The van der Waals surface area contributed by atoms with Crippen LogP contribution in [0.2, 0.25) is 0 Å². The van der Waals surface area contributed by atoms with Gasteiger partial charge in [0.15, 0.2) is 0 Å². The number of hydrogen-bond acceptors (Lipinski definition) is 2. The summed E-state index contributed by atoms with van der Waals surface area (Å²) in [7, 11) is 0. The molecule has 3 rings (SSSR count). The van der Waals surface area contributed by atoms with E-state index in [1.165, 1.54) is 24.5 Å². The fraction of sp³-hybridized carbons (Fsp3) is 0.333. The second-order valence-corrected chi connectivity index (χ2v) is 5.16. The molecule has 1 aromatic carbocycles. The molecule has 5 heteroatoms. The van der Waals surface area contributed by atoms with Gasteiger partial charge >= 0.3 is 0 Å². The first-order chi connectivity index (χ1) is 9.72. The van der Waals surface area contributed by atoms with Crippen molar-refractivity contribution < 1.29 is 9.18 Å². The smallest absolute Gasteiger partial charge is 0.226 e. The highest BCUT2D eigenvalue weighted by Crippen LogP contribution is 2.40. The van der Waals surface area contributed by atoms with Gasteiger partial charge < -0.3 is 5.32 Å². The molecule has 1 aromatic heterocycles. The van der Waals surface area contributed by atoms with E-state index in [2.05, 4.69) is 15.5 Å². The topological polar surface area (TPSA) is 57.8 Å². The van der Waals surface area contributed by atoms with Crippen LogP contribution in [0, 0.1) is 5.82 Å². The molecule has 0 radical (unpaired) electrons. The van der Waals surface area contributed by atoms with Crippen molar-refractivity contribution in [1.82, 2.24) is 15.5 Å². The van der Waals surface area contributed by atoms with Crippen molar-refractivity contribution in [3.63, 3.8) is 0 Å². The lowest BCUT2D eigenvalue weighted by molar-refractivity contribution is -0.120. The number of benzene rings is 1. The third kappa shape index (κ3) is 3.04. The number of rotatable bonds is 5. The minimum absolute atomic E-state index is 0.148. The predicted octanol–water partition coefficient (Wildman–Crippen LogP) is 2.29. The Bertz CT molecular complexity index is 606. The third-order valence-electron chi connectivity index (χ3n) is 3.50. The first-order valence-electron chi connectivity index (χ1n) is 6.75. The third-order valence-corrected chi connectivity index (χ3v) is 3.50. The summed E-state index contributed by atoms with van der Waals surface area (Å²) >= 11 is 0. The van der Waals surface area contributed by atoms with Gasteiger partial charge in [0.05, 0.1) is 6.42 Å². The van der Waals surface area contributed by atoms with Crippen LogP contribution in [0.3, 0.4) is 0 Å². The summed E-state index contributed by atoms with van der Waals surface area (Å²) in [5, 5.41) is 9.24.